The van der Waals surface area contributed by atoms with Gasteiger partial charge in [0.1, 0.15) is 23.7 Å². The van der Waals surface area contributed by atoms with Crippen molar-refractivity contribution in [1.29, 1.82) is 0 Å². The summed E-state index contributed by atoms with van der Waals surface area (Å²) in [6.07, 6.45) is -1.19. The summed E-state index contributed by atoms with van der Waals surface area (Å²) in [6, 6.07) is 2.73. The van der Waals surface area contributed by atoms with Crippen LogP contribution in [0.25, 0.3) is 0 Å². The number of amides is 4. The molecular formula is C17H14Cl3N3O7S2. The third kappa shape index (κ3) is 5.15. The number of rotatable bonds is 7. The number of hydrogen-bond donors (Lipinski definition) is 2. The van der Waals surface area contributed by atoms with Gasteiger partial charge in [-0.2, -0.15) is 4.42 Å². The Morgan fingerprint density at radius 1 is 1.34 bits per heavy atom. The van der Waals surface area contributed by atoms with Crippen LogP contribution in [0.2, 0.25) is 0 Å². The third-order valence-corrected chi connectivity index (χ3v) is 7.29. The molecule has 2 N–H and O–H groups in total. The van der Waals surface area contributed by atoms with Gasteiger partial charge < -0.3 is 15.2 Å². The summed E-state index contributed by atoms with van der Waals surface area (Å²) in [4.78, 5) is 60.3. The molecule has 0 spiro atoms. The summed E-state index contributed by atoms with van der Waals surface area (Å²) in [6.45, 7) is -0.537. The van der Waals surface area contributed by atoms with Gasteiger partial charge in [-0.3, -0.25) is 19.3 Å². The number of imide groups is 1. The van der Waals surface area contributed by atoms with Gasteiger partial charge >= 0.3 is 12.1 Å². The molecule has 3 rings (SSSR count). The molecule has 0 aromatic carbocycles. The molecule has 0 radical (unpaired) electrons. The van der Waals surface area contributed by atoms with Crippen molar-refractivity contribution in [2.24, 2.45) is 0 Å². The Hall–Kier alpha value is -1.99. The minimum atomic E-state index is -1.59. The second kappa shape index (κ2) is 10.3. The molecule has 1 saturated heterocycles. The van der Waals surface area contributed by atoms with Gasteiger partial charge in [0.25, 0.3) is 11.8 Å². The Bertz CT molecular complexity index is 986. The Balaban J connectivity index is 1.65. The zero-order valence-corrected chi connectivity index (χ0v) is 19.7. The Morgan fingerprint density at radius 2 is 2.06 bits per heavy atom. The number of thiophene rings is 1. The summed E-state index contributed by atoms with van der Waals surface area (Å²) < 4.78 is 4.90. The first-order valence-electron chi connectivity index (χ1n) is 8.78. The molecule has 4 amide bonds. The topological polar surface area (TPSA) is 133 Å². The minimum absolute atomic E-state index is 0.0401. The van der Waals surface area contributed by atoms with Crippen molar-refractivity contribution in [3.8, 4) is 0 Å². The number of aliphatic carboxylic acids is 1. The van der Waals surface area contributed by atoms with E-state index in [4.69, 9.17) is 39.7 Å². The summed E-state index contributed by atoms with van der Waals surface area (Å²) in [7, 11) is 0. The highest BCUT2D eigenvalue weighted by atomic mass is 35.5. The quantitative estimate of drug-likeness (QED) is 0.303. The lowest BCUT2D eigenvalue weighted by Crippen LogP contribution is -2.70. The van der Waals surface area contributed by atoms with Gasteiger partial charge in [-0.25, -0.2) is 9.59 Å². The summed E-state index contributed by atoms with van der Waals surface area (Å²) in [5.74, 6) is -3.38. The monoisotopic (exact) mass is 541 g/mol. The normalized spacial score (nSPS) is 19.9. The van der Waals surface area contributed by atoms with Crippen molar-refractivity contribution in [3.05, 3.63) is 33.7 Å². The number of carboxylic acid groups (broad SMARTS) is 1. The van der Waals surface area contributed by atoms with Crippen LogP contribution in [0, 0.1) is 0 Å². The van der Waals surface area contributed by atoms with Gasteiger partial charge in [0.2, 0.25) is 5.91 Å². The number of nitrogens with one attached hydrogen (secondary N) is 1. The molecule has 0 unspecified atom stereocenters. The first-order chi connectivity index (χ1) is 15.1. The van der Waals surface area contributed by atoms with E-state index >= 15 is 0 Å². The van der Waals surface area contributed by atoms with Gasteiger partial charge in [0.05, 0.1) is 6.42 Å². The lowest BCUT2D eigenvalue weighted by atomic mass is 10.0. The van der Waals surface area contributed by atoms with Crippen molar-refractivity contribution < 1.29 is 33.8 Å². The summed E-state index contributed by atoms with van der Waals surface area (Å²) >= 11 is 18.8. The molecule has 0 bridgehead atoms. The van der Waals surface area contributed by atoms with Gasteiger partial charge in [-0.1, -0.05) is 29.3 Å². The van der Waals surface area contributed by atoms with Crippen LogP contribution in [-0.2, 0) is 30.3 Å². The lowest BCUT2D eigenvalue weighted by Gasteiger charge is -2.49. The zero-order valence-electron chi connectivity index (χ0n) is 15.8. The number of carboxylic acids is 1. The van der Waals surface area contributed by atoms with Crippen molar-refractivity contribution in [1.82, 2.24) is 14.6 Å². The average Bonchev–Trinajstić information content (AvgIpc) is 3.26. The van der Waals surface area contributed by atoms with Crippen LogP contribution in [0.1, 0.15) is 4.88 Å². The molecule has 10 nitrogen and oxygen atoms in total. The maximum Gasteiger partial charge on any atom is 0.432 e. The highest BCUT2D eigenvalue weighted by molar-refractivity contribution is 8.00. The fraction of sp³-hybridized carbons (Fsp3) is 0.353. The van der Waals surface area contributed by atoms with E-state index in [-0.39, 0.29) is 33.8 Å². The van der Waals surface area contributed by atoms with E-state index in [0.717, 1.165) is 9.78 Å². The van der Waals surface area contributed by atoms with Crippen LogP contribution in [0.5, 0.6) is 0 Å². The van der Waals surface area contributed by atoms with Crippen LogP contribution < -0.4 is 5.32 Å². The number of fused-ring (bicyclic) bond motifs is 1. The number of halogens is 3. The Kier molecular flexibility index (Phi) is 7.93. The minimum Gasteiger partial charge on any atom is -0.477 e. The van der Waals surface area contributed by atoms with E-state index in [1.165, 1.54) is 23.1 Å². The molecule has 2 aliphatic heterocycles. The average molecular weight is 543 g/mol. The SMILES string of the molecule is O=C(Cc1cccs1)N[C@@H]1C(=O)N2C(C(=O)O)=C(COC(=O)N(Cl)C(=O)C(Cl)Cl)CS[C@H]12. The highest BCUT2D eigenvalue weighted by Crippen LogP contribution is 2.40. The fourth-order valence-electron chi connectivity index (χ4n) is 2.97. The van der Waals surface area contributed by atoms with Crippen molar-refractivity contribution >= 4 is 87.9 Å². The van der Waals surface area contributed by atoms with Gasteiger partial charge in [0.15, 0.2) is 4.84 Å². The molecule has 32 heavy (non-hydrogen) atoms. The predicted octanol–water partition coefficient (Wildman–Crippen LogP) is 1.95. The molecule has 0 saturated carbocycles. The van der Waals surface area contributed by atoms with Gasteiger partial charge in [0, 0.05) is 28.0 Å². The molecule has 0 aliphatic carbocycles. The van der Waals surface area contributed by atoms with Crippen molar-refractivity contribution in [3.63, 3.8) is 0 Å². The molecule has 2 aliphatic rings. The van der Waals surface area contributed by atoms with E-state index in [1.54, 1.807) is 6.07 Å². The van der Waals surface area contributed by atoms with E-state index in [0.29, 0.717) is 0 Å². The van der Waals surface area contributed by atoms with E-state index < -0.39 is 46.7 Å². The first-order valence-corrected chi connectivity index (χ1v) is 11.9. The third-order valence-electron chi connectivity index (χ3n) is 4.39. The molecule has 3 heterocycles. The van der Waals surface area contributed by atoms with E-state index in [1.807, 2.05) is 11.4 Å². The smallest absolute Gasteiger partial charge is 0.432 e. The van der Waals surface area contributed by atoms with Crippen LogP contribution in [0.3, 0.4) is 0 Å². The number of carbonyl (C=O) groups excluding carboxylic acids is 4. The van der Waals surface area contributed by atoms with E-state index in [9.17, 15) is 29.1 Å². The summed E-state index contributed by atoms with van der Waals surface area (Å²) in [5, 5.41) is 13.5. The van der Waals surface area contributed by atoms with Crippen LogP contribution in [0.15, 0.2) is 28.8 Å². The number of hydrogen-bond acceptors (Lipinski definition) is 8. The summed E-state index contributed by atoms with van der Waals surface area (Å²) in [5.41, 5.74) is -0.232. The fourth-order valence-corrected chi connectivity index (χ4v) is 5.44. The standard InChI is InChI=1S/C17H14Cl3N3O7S2/c18-12(19)14(26)23(20)17(29)30-5-7-6-32-15-10(13(25)22(15)11(7)16(27)28)21-9(24)4-8-2-1-3-31-8/h1-3,10,12,15H,4-6H2,(H,21,24)(H,27,28)/t10-,15-/m1/s1. The molecule has 1 aromatic heterocycles. The van der Waals surface area contributed by atoms with Crippen molar-refractivity contribution in [2.45, 2.75) is 22.7 Å². The lowest BCUT2D eigenvalue weighted by molar-refractivity contribution is -0.150. The van der Waals surface area contributed by atoms with Crippen LogP contribution in [-0.4, -0.2) is 72.8 Å². The molecule has 1 aromatic rings. The second-order valence-corrected chi connectivity index (χ2v) is 10.0. The van der Waals surface area contributed by atoms with Crippen LogP contribution in [0.4, 0.5) is 4.79 Å². The maximum absolute atomic E-state index is 12.6. The first kappa shape index (κ1) is 24.6. The van der Waals surface area contributed by atoms with Gasteiger partial charge in [-0.05, 0) is 11.4 Å². The van der Waals surface area contributed by atoms with E-state index in [2.05, 4.69) is 5.32 Å². The molecule has 172 valence electrons. The maximum atomic E-state index is 12.6. The zero-order chi connectivity index (χ0) is 23.6. The molecular weight excluding hydrogens is 529 g/mol. The number of ether oxygens (including phenoxy) is 1. The predicted molar refractivity (Wildman–Crippen MR) is 117 cm³/mol. The number of thioether (sulfide) groups is 1. The van der Waals surface area contributed by atoms with Crippen LogP contribution >= 0.6 is 58.1 Å². The molecule has 2 atom stereocenters. The highest BCUT2D eigenvalue weighted by Gasteiger charge is 2.54. The number of β-lactam (4-membered cyclic amide) rings is 1. The number of nitrogens with zero attached hydrogens (tertiary/aromatic N) is 2. The number of alkyl halides is 2. The van der Waals surface area contributed by atoms with Crippen molar-refractivity contribution in [2.75, 3.05) is 12.4 Å². The number of carbonyl (C=O) groups is 5. The van der Waals surface area contributed by atoms with Gasteiger partial charge in [-0.15, -0.1) is 23.1 Å². The molecule has 15 heteroatoms. The Morgan fingerprint density at radius 3 is 2.66 bits per heavy atom. The largest absolute Gasteiger partial charge is 0.477 e. The second-order valence-electron chi connectivity index (χ2n) is 6.44. The molecule has 1 fully saturated rings. The Labute approximate surface area is 204 Å².